The van der Waals surface area contributed by atoms with E-state index < -0.39 is 16.5 Å². The van der Waals surface area contributed by atoms with E-state index in [4.69, 9.17) is 0 Å². The predicted molar refractivity (Wildman–Crippen MR) is 85.5 cm³/mol. The first kappa shape index (κ1) is 17.1. The molecule has 8 nitrogen and oxygen atoms in total. The van der Waals surface area contributed by atoms with Crippen LogP contribution in [-0.2, 0) is 6.61 Å². The molecule has 0 aromatic heterocycles. The standard InChI is InChI=1S/C15H21N3O5/c1-10-11(9-19)8-13(17(20)21)14(15(10)18(22)23)16-12-6-4-2-3-5-7-12/h8,12,16,19H,2-7,9H2,1H3. The average molecular weight is 323 g/mol. The summed E-state index contributed by atoms with van der Waals surface area (Å²) in [4.78, 5) is 21.6. The van der Waals surface area contributed by atoms with E-state index in [1.165, 1.54) is 13.0 Å². The number of hydrogen-bond acceptors (Lipinski definition) is 6. The van der Waals surface area contributed by atoms with Crippen LogP contribution in [0.3, 0.4) is 0 Å². The Balaban J connectivity index is 2.51. The van der Waals surface area contributed by atoms with Crippen LogP contribution in [0.4, 0.5) is 17.1 Å². The van der Waals surface area contributed by atoms with Gasteiger partial charge in [-0.15, -0.1) is 0 Å². The molecule has 0 unspecified atom stereocenters. The largest absolute Gasteiger partial charge is 0.392 e. The summed E-state index contributed by atoms with van der Waals surface area (Å²) in [6, 6.07) is 1.22. The molecule has 2 rings (SSSR count). The summed E-state index contributed by atoms with van der Waals surface area (Å²) < 4.78 is 0. The van der Waals surface area contributed by atoms with Crippen LogP contribution < -0.4 is 5.32 Å². The first-order chi connectivity index (χ1) is 11.0. The van der Waals surface area contributed by atoms with Gasteiger partial charge in [-0.3, -0.25) is 20.2 Å². The molecule has 1 saturated carbocycles. The minimum absolute atomic E-state index is 0.00530. The molecule has 1 aromatic rings. The Morgan fingerprint density at radius 2 is 1.78 bits per heavy atom. The minimum Gasteiger partial charge on any atom is -0.392 e. The van der Waals surface area contributed by atoms with Crippen molar-refractivity contribution in [2.24, 2.45) is 0 Å². The second-order valence-corrected chi connectivity index (χ2v) is 5.91. The van der Waals surface area contributed by atoms with E-state index in [2.05, 4.69) is 5.32 Å². The highest BCUT2D eigenvalue weighted by molar-refractivity contribution is 5.78. The molecule has 0 saturated heterocycles. The van der Waals surface area contributed by atoms with Gasteiger partial charge in [-0.1, -0.05) is 25.7 Å². The number of nitro benzene ring substituents is 2. The van der Waals surface area contributed by atoms with Crippen LogP contribution in [0, 0.1) is 27.2 Å². The number of anilines is 1. The molecule has 1 fully saturated rings. The molecule has 8 heteroatoms. The zero-order valence-electron chi connectivity index (χ0n) is 13.1. The summed E-state index contributed by atoms with van der Waals surface area (Å²) in [5, 5.41) is 35.2. The highest BCUT2D eigenvalue weighted by Crippen LogP contribution is 2.40. The lowest BCUT2D eigenvalue weighted by Crippen LogP contribution is -2.20. The summed E-state index contributed by atoms with van der Waals surface area (Å²) in [5.74, 6) is 0. The zero-order chi connectivity index (χ0) is 17.0. The van der Waals surface area contributed by atoms with Gasteiger partial charge < -0.3 is 10.4 Å². The van der Waals surface area contributed by atoms with Crippen molar-refractivity contribution >= 4 is 17.1 Å². The Labute approximate surface area is 133 Å². The fraction of sp³-hybridized carbons (Fsp3) is 0.600. The minimum atomic E-state index is -0.634. The number of benzene rings is 1. The number of nitro groups is 2. The highest BCUT2D eigenvalue weighted by atomic mass is 16.6. The van der Waals surface area contributed by atoms with Gasteiger partial charge in [0, 0.05) is 17.7 Å². The van der Waals surface area contributed by atoms with Crippen LogP contribution in [0.1, 0.15) is 49.7 Å². The van der Waals surface area contributed by atoms with Crippen molar-refractivity contribution in [2.45, 2.75) is 58.1 Å². The molecular formula is C15H21N3O5. The summed E-state index contributed by atoms with van der Waals surface area (Å²) in [5.41, 5.74) is -0.237. The molecule has 0 aliphatic heterocycles. The Morgan fingerprint density at radius 3 is 2.26 bits per heavy atom. The van der Waals surface area contributed by atoms with E-state index >= 15 is 0 Å². The second-order valence-electron chi connectivity index (χ2n) is 5.91. The third kappa shape index (κ3) is 3.76. The van der Waals surface area contributed by atoms with E-state index in [1.807, 2.05) is 0 Å². The molecule has 0 atom stereocenters. The molecule has 23 heavy (non-hydrogen) atoms. The first-order valence-electron chi connectivity index (χ1n) is 7.78. The highest BCUT2D eigenvalue weighted by Gasteiger charge is 2.31. The van der Waals surface area contributed by atoms with Gasteiger partial charge in [0.1, 0.15) is 0 Å². The quantitative estimate of drug-likeness (QED) is 0.487. The number of aliphatic hydroxyl groups is 1. The lowest BCUT2D eigenvalue weighted by Gasteiger charge is -2.19. The lowest BCUT2D eigenvalue weighted by atomic mass is 10.0. The fourth-order valence-electron chi connectivity index (χ4n) is 3.11. The van der Waals surface area contributed by atoms with E-state index in [0.29, 0.717) is 0 Å². The lowest BCUT2D eigenvalue weighted by molar-refractivity contribution is -0.392. The van der Waals surface area contributed by atoms with E-state index in [-0.39, 0.29) is 34.2 Å². The van der Waals surface area contributed by atoms with Crippen LogP contribution in [0.25, 0.3) is 0 Å². The van der Waals surface area contributed by atoms with Crippen LogP contribution >= 0.6 is 0 Å². The Morgan fingerprint density at radius 1 is 1.17 bits per heavy atom. The summed E-state index contributed by atoms with van der Waals surface area (Å²) in [6.07, 6.45) is 5.93. The van der Waals surface area contributed by atoms with Gasteiger partial charge in [-0.25, -0.2) is 0 Å². The zero-order valence-corrected chi connectivity index (χ0v) is 13.1. The Kier molecular flexibility index (Phi) is 5.49. The smallest absolute Gasteiger partial charge is 0.302 e. The fourth-order valence-corrected chi connectivity index (χ4v) is 3.11. The molecule has 0 heterocycles. The molecule has 0 spiro atoms. The number of hydrogen-bond donors (Lipinski definition) is 2. The van der Waals surface area contributed by atoms with E-state index in [1.54, 1.807) is 0 Å². The molecule has 126 valence electrons. The molecule has 0 amide bonds. The van der Waals surface area contributed by atoms with Crippen LogP contribution in [0.5, 0.6) is 0 Å². The van der Waals surface area contributed by atoms with Gasteiger partial charge in [-0.05, 0) is 25.3 Å². The van der Waals surface area contributed by atoms with Gasteiger partial charge in [0.05, 0.1) is 16.5 Å². The number of aliphatic hydroxyl groups excluding tert-OH is 1. The Hall–Kier alpha value is -2.22. The van der Waals surface area contributed by atoms with Gasteiger partial charge in [0.15, 0.2) is 5.69 Å². The summed E-state index contributed by atoms with van der Waals surface area (Å²) >= 11 is 0. The van der Waals surface area contributed by atoms with E-state index in [9.17, 15) is 25.3 Å². The van der Waals surface area contributed by atoms with Crippen LogP contribution in [0.2, 0.25) is 0 Å². The molecule has 1 aliphatic carbocycles. The monoisotopic (exact) mass is 323 g/mol. The normalized spacial score (nSPS) is 15.9. The van der Waals surface area contributed by atoms with Crippen molar-refractivity contribution in [2.75, 3.05) is 5.32 Å². The van der Waals surface area contributed by atoms with Crippen molar-refractivity contribution in [1.82, 2.24) is 0 Å². The van der Waals surface area contributed by atoms with Crippen molar-refractivity contribution < 1.29 is 15.0 Å². The maximum atomic E-state index is 11.5. The third-order valence-electron chi connectivity index (χ3n) is 4.39. The van der Waals surface area contributed by atoms with Crippen molar-refractivity contribution in [1.29, 1.82) is 0 Å². The molecular weight excluding hydrogens is 302 g/mol. The first-order valence-corrected chi connectivity index (χ1v) is 7.78. The van der Waals surface area contributed by atoms with Gasteiger partial charge in [0.2, 0.25) is 0 Å². The summed E-state index contributed by atoms with van der Waals surface area (Å²) in [6.45, 7) is 1.03. The van der Waals surface area contributed by atoms with Crippen LogP contribution in [0.15, 0.2) is 6.07 Å². The second kappa shape index (κ2) is 7.36. The van der Waals surface area contributed by atoms with Gasteiger partial charge in [0.25, 0.3) is 5.69 Å². The maximum Gasteiger partial charge on any atom is 0.302 e. The number of nitrogens with one attached hydrogen (secondary N) is 1. The summed E-state index contributed by atoms with van der Waals surface area (Å²) in [7, 11) is 0. The average Bonchev–Trinajstić information content (AvgIpc) is 2.75. The third-order valence-corrected chi connectivity index (χ3v) is 4.39. The van der Waals surface area contributed by atoms with Crippen molar-refractivity contribution in [3.63, 3.8) is 0 Å². The molecule has 2 N–H and O–H groups in total. The van der Waals surface area contributed by atoms with E-state index in [0.717, 1.165) is 38.5 Å². The number of nitrogens with zero attached hydrogens (tertiary/aromatic N) is 2. The SMILES string of the molecule is Cc1c(CO)cc([N+](=O)[O-])c(NC2CCCCCC2)c1[N+](=O)[O-]. The van der Waals surface area contributed by atoms with Gasteiger partial charge in [-0.2, -0.15) is 0 Å². The van der Waals surface area contributed by atoms with Crippen molar-refractivity contribution in [3.05, 3.63) is 37.4 Å². The number of rotatable bonds is 5. The molecule has 0 radical (unpaired) electrons. The Bertz CT molecular complexity index is 610. The topological polar surface area (TPSA) is 119 Å². The van der Waals surface area contributed by atoms with Crippen LogP contribution in [-0.4, -0.2) is 21.0 Å². The molecule has 0 bridgehead atoms. The maximum absolute atomic E-state index is 11.5. The molecule has 1 aliphatic rings. The van der Waals surface area contributed by atoms with Crippen molar-refractivity contribution in [3.8, 4) is 0 Å². The van der Waals surface area contributed by atoms with Gasteiger partial charge >= 0.3 is 5.69 Å². The predicted octanol–water partition coefficient (Wildman–Crippen LogP) is 3.44. The molecule has 1 aromatic carbocycles.